The Kier molecular flexibility index (Phi) is 7.57. The van der Waals surface area contributed by atoms with Gasteiger partial charge in [0.2, 0.25) is 0 Å². The molecule has 1 aromatic rings. The molecule has 0 aromatic heterocycles. The van der Waals surface area contributed by atoms with E-state index >= 15 is 0 Å². The molecular weight excluding hydrogens is 234 g/mol. The molecule has 1 unspecified atom stereocenters. The van der Waals surface area contributed by atoms with E-state index in [9.17, 15) is 0 Å². The van der Waals surface area contributed by atoms with Gasteiger partial charge in [-0.25, -0.2) is 0 Å². The van der Waals surface area contributed by atoms with Gasteiger partial charge in [-0.15, -0.1) is 0 Å². The van der Waals surface area contributed by atoms with Crippen molar-refractivity contribution in [2.24, 2.45) is 0 Å². The van der Waals surface area contributed by atoms with E-state index < -0.39 is 0 Å². The molecule has 19 heavy (non-hydrogen) atoms. The Labute approximate surface area is 118 Å². The molecule has 0 aliphatic rings. The molecule has 0 aliphatic heterocycles. The molecule has 2 nitrogen and oxygen atoms in total. The SMILES string of the molecule is CCCCCCCOc1cc(C)ccc1C(C)NC. The fraction of sp³-hybridized carbons (Fsp3) is 0.647. The standard InChI is InChI=1S/C17H29NO/c1-5-6-7-8-9-12-19-17-13-14(2)10-11-16(17)15(3)18-4/h10-11,13,15,18H,5-9,12H2,1-4H3. The van der Waals surface area contributed by atoms with Crippen LogP contribution in [0.15, 0.2) is 18.2 Å². The third-order valence-electron chi connectivity index (χ3n) is 3.57. The van der Waals surface area contributed by atoms with Crippen molar-refractivity contribution in [2.45, 2.75) is 58.9 Å². The molecule has 0 aliphatic carbocycles. The summed E-state index contributed by atoms with van der Waals surface area (Å²) < 4.78 is 5.98. The Balaban J connectivity index is 2.49. The number of unbranched alkanes of at least 4 members (excludes halogenated alkanes) is 4. The van der Waals surface area contributed by atoms with Gasteiger partial charge in [0.15, 0.2) is 0 Å². The molecule has 0 bridgehead atoms. The van der Waals surface area contributed by atoms with Crippen LogP contribution in [0, 0.1) is 6.92 Å². The predicted octanol–water partition coefficient (Wildman–Crippen LogP) is 4.62. The lowest BCUT2D eigenvalue weighted by Crippen LogP contribution is -2.14. The fourth-order valence-corrected chi connectivity index (χ4v) is 2.17. The largest absolute Gasteiger partial charge is 0.493 e. The molecule has 0 saturated heterocycles. The number of hydrogen-bond donors (Lipinski definition) is 1. The van der Waals surface area contributed by atoms with Gasteiger partial charge in [-0.05, 0) is 38.9 Å². The first-order valence-electron chi connectivity index (χ1n) is 7.59. The Bertz CT molecular complexity index is 362. The van der Waals surface area contributed by atoms with Gasteiger partial charge < -0.3 is 10.1 Å². The monoisotopic (exact) mass is 263 g/mol. The molecular formula is C17H29NO. The van der Waals surface area contributed by atoms with Crippen molar-refractivity contribution in [2.75, 3.05) is 13.7 Å². The van der Waals surface area contributed by atoms with E-state index in [1.165, 1.54) is 36.8 Å². The summed E-state index contributed by atoms with van der Waals surface area (Å²) in [6.07, 6.45) is 6.39. The van der Waals surface area contributed by atoms with Crippen molar-refractivity contribution in [3.8, 4) is 5.75 Å². The number of nitrogens with one attached hydrogen (secondary N) is 1. The first kappa shape index (κ1) is 16.0. The average Bonchev–Trinajstić information content (AvgIpc) is 2.42. The zero-order chi connectivity index (χ0) is 14.1. The molecule has 0 saturated carbocycles. The summed E-state index contributed by atoms with van der Waals surface area (Å²) in [6.45, 7) is 7.35. The van der Waals surface area contributed by atoms with Crippen molar-refractivity contribution < 1.29 is 4.74 Å². The first-order chi connectivity index (χ1) is 9.19. The highest BCUT2D eigenvalue weighted by molar-refractivity contribution is 5.39. The summed E-state index contributed by atoms with van der Waals surface area (Å²) in [7, 11) is 1.99. The van der Waals surface area contributed by atoms with Crippen LogP contribution < -0.4 is 10.1 Å². The number of rotatable bonds is 9. The molecule has 0 spiro atoms. The highest BCUT2D eigenvalue weighted by Gasteiger charge is 2.10. The lowest BCUT2D eigenvalue weighted by molar-refractivity contribution is 0.299. The molecule has 0 amide bonds. The quantitative estimate of drug-likeness (QED) is 0.656. The van der Waals surface area contributed by atoms with Crippen molar-refractivity contribution in [1.29, 1.82) is 0 Å². The maximum absolute atomic E-state index is 5.98. The third-order valence-corrected chi connectivity index (χ3v) is 3.57. The van der Waals surface area contributed by atoms with Crippen LogP contribution in [-0.4, -0.2) is 13.7 Å². The maximum atomic E-state index is 5.98. The van der Waals surface area contributed by atoms with E-state index in [4.69, 9.17) is 4.74 Å². The van der Waals surface area contributed by atoms with Crippen LogP contribution in [0.3, 0.4) is 0 Å². The van der Waals surface area contributed by atoms with Gasteiger partial charge in [-0.2, -0.15) is 0 Å². The minimum Gasteiger partial charge on any atom is -0.493 e. The number of aryl methyl sites for hydroxylation is 1. The van der Waals surface area contributed by atoms with Crippen LogP contribution >= 0.6 is 0 Å². The maximum Gasteiger partial charge on any atom is 0.124 e. The van der Waals surface area contributed by atoms with E-state index in [1.54, 1.807) is 0 Å². The highest BCUT2D eigenvalue weighted by atomic mass is 16.5. The van der Waals surface area contributed by atoms with Crippen molar-refractivity contribution in [3.05, 3.63) is 29.3 Å². The summed E-state index contributed by atoms with van der Waals surface area (Å²) >= 11 is 0. The Morgan fingerprint density at radius 2 is 1.89 bits per heavy atom. The molecule has 1 rings (SSSR count). The molecule has 1 aromatic carbocycles. The zero-order valence-corrected chi connectivity index (χ0v) is 13.0. The normalized spacial score (nSPS) is 12.4. The number of ether oxygens (including phenoxy) is 1. The summed E-state index contributed by atoms with van der Waals surface area (Å²) in [5, 5.41) is 3.28. The average molecular weight is 263 g/mol. The van der Waals surface area contributed by atoms with Crippen LogP contribution in [0.25, 0.3) is 0 Å². The molecule has 0 fully saturated rings. The van der Waals surface area contributed by atoms with Gasteiger partial charge in [0, 0.05) is 11.6 Å². The highest BCUT2D eigenvalue weighted by Crippen LogP contribution is 2.26. The molecule has 1 atom stereocenters. The molecule has 2 heteroatoms. The Morgan fingerprint density at radius 1 is 1.16 bits per heavy atom. The van der Waals surface area contributed by atoms with Gasteiger partial charge in [0.05, 0.1) is 6.61 Å². The van der Waals surface area contributed by atoms with E-state index in [-0.39, 0.29) is 0 Å². The van der Waals surface area contributed by atoms with Crippen molar-refractivity contribution in [3.63, 3.8) is 0 Å². The third kappa shape index (κ3) is 5.65. The van der Waals surface area contributed by atoms with Gasteiger partial charge in [0.1, 0.15) is 5.75 Å². The predicted molar refractivity (Wildman–Crippen MR) is 82.9 cm³/mol. The molecule has 108 valence electrons. The lowest BCUT2D eigenvalue weighted by atomic mass is 10.1. The summed E-state index contributed by atoms with van der Waals surface area (Å²) in [6, 6.07) is 6.80. The lowest BCUT2D eigenvalue weighted by Gasteiger charge is -2.17. The van der Waals surface area contributed by atoms with E-state index in [0.29, 0.717) is 6.04 Å². The number of benzene rings is 1. The van der Waals surface area contributed by atoms with Crippen LogP contribution in [0.5, 0.6) is 5.75 Å². The van der Waals surface area contributed by atoms with Gasteiger partial charge >= 0.3 is 0 Å². The molecule has 0 radical (unpaired) electrons. The van der Waals surface area contributed by atoms with Gasteiger partial charge in [-0.3, -0.25) is 0 Å². The van der Waals surface area contributed by atoms with E-state index in [2.05, 4.69) is 44.3 Å². The smallest absolute Gasteiger partial charge is 0.124 e. The summed E-state index contributed by atoms with van der Waals surface area (Å²) in [5.41, 5.74) is 2.51. The Morgan fingerprint density at radius 3 is 2.58 bits per heavy atom. The van der Waals surface area contributed by atoms with Crippen LogP contribution in [-0.2, 0) is 0 Å². The fourth-order valence-electron chi connectivity index (χ4n) is 2.17. The summed E-state index contributed by atoms with van der Waals surface area (Å²) in [5.74, 6) is 1.04. The second-order valence-corrected chi connectivity index (χ2v) is 5.31. The Hall–Kier alpha value is -1.02. The van der Waals surface area contributed by atoms with Gasteiger partial charge in [0.25, 0.3) is 0 Å². The second kappa shape index (κ2) is 8.98. The molecule has 1 N–H and O–H groups in total. The van der Waals surface area contributed by atoms with Crippen LogP contribution in [0.1, 0.15) is 63.1 Å². The van der Waals surface area contributed by atoms with E-state index in [0.717, 1.165) is 18.8 Å². The van der Waals surface area contributed by atoms with E-state index in [1.807, 2.05) is 7.05 Å². The van der Waals surface area contributed by atoms with Crippen molar-refractivity contribution in [1.82, 2.24) is 5.32 Å². The summed E-state index contributed by atoms with van der Waals surface area (Å²) in [4.78, 5) is 0. The van der Waals surface area contributed by atoms with Crippen LogP contribution in [0.2, 0.25) is 0 Å². The first-order valence-corrected chi connectivity index (χ1v) is 7.59. The van der Waals surface area contributed by atoms with Crippen LogP contribution in [0.4, 0.5) is 0 Å². The molecule has 0 heterocycles. The number of hydrogen-bond acceptors (Lipinski definition) is 2. The van der Waals surface area contributed by atoms with Crippen molar-refractivity contribution >= 4 is 0 Å². The topological polar surface area (TPSA) is 21.3 Å². The minimum atomic E-state index is 0.329. The van der Waals surface area contributed by atoms with Gasteiger partial charge in [-0.1, -0.05) is 44.7 Å². The minimum absolute atomic E-state index is 0.329. The zero-order valence-electron chi connectivity index (χ0n) is 13.0. The second-order valence-electron chi connectivity index (χ2n) is 5.31.